The molecule has 4 rings (SSSR count). The van der Waals surface area contributed by atoms with Crippen LogP contribution >= 0.6 is 0 Å². The molecular weight excluding hydrogens is 981 g/mol. The van der Waals surface area contributed by atoms with Crippen molar-refractivity contribution in [1.29, 1.82) is 0 Å². The molecule has 0 unspecified atom stereocenters. The maximum absolute atomic E-state index is 13.4. The number of rotatable bonds is 12. The average Bonchev–Trinajstić information content (AvgIpc) is 3.34. The summed E-state index contributed by atoms with van der Waals surface area (Å²) in [4.78, 5) is 80.8. The van der Waals surface area contributed by atoms with Crippen LogP contribution in [0.2, 0.25) is 0 Å². The summed E-state index contributed by atoms with van der Waals surface area (Å²) in [6.07, 6.45) is -5.20. The van der Waals surface area contributed by atoms with Gasteiger partial charge >= 0.3 is 36.3 Å². The highest BCUT2D eigenvalue weighted by Crippen LogP contribution is 2.28. The van der Waals surface area contributed by atoms with Gasteiger partial charge < -0.3 is 47.4 Å². The largest absolute Gasteiger partial charge is 0.458 e. The van der Waals surface area contributed by atoms with Gasteiger partial charge in [0.2, 0.25) is 0 Å². The Hall–Kier alpha value is -5.56. The van der Waals surface area contributed by atoms with E-state index in [1.54, 1.807) is 96.9 Å². The van der Waals surface area contributed by atoms with E-state index < -0.39 is 95.2 Å². The molecule has 2 aliphatic rings. The Labute approximate surface area is 451 Å². The molecular formula is C58H88N2O16. The molecule has 76 heavy (non-hydrogen) atoms. The minimum absolute atomic E-state index is 0.144. The molecule has 2 fully saturated rings. The number of hydrogen-bond acceptors (Lipinski definition) is 16. The highest BCUT2D eigenvalue weighted by atomic mass is 16.6. The van der Waals surface area contributed by atoms with Gasteiger partial charge in [-0.2, -0.15) is 9.80 Å². The molecule has 0 spiro atoms. The normalized spacial score (nSPS) is 22.9. The van der Waals surface area contributed by atoms with Crippen molar-refractivity contribution in [2.45, 2.75) is 189 Å². The van der Waals surface area contributed by atoms with Crippen molar-refractivity contribution in [3.8, 4) is 0 Å². The van der Waals surface area contributed by atoms with Gasteiger partial charge in [0.25, 0.3) is 0 Å². The molecule has 2 aromatic rings. The van der Waals surface area contributed by atoms with Crippen LogP contribution in [0.1, 0.15) is 129 Å². The number of amides is 4. The topological polar surface area (TPSA) is 201 Å². The first-order valence-electron chi connectivity index (χ1n) is 26.2. The van der Waals surface area contributed by atoms with Gasteiger partial charge in [0.1, 0.15) is 34.6 Å². The van der Waals surface area contributed by atoms with Crippen LogP contribution in [-0.2, 0) is 69.8 Å². The molecule has 0 radical (unpaired) electrons. The molecule has 2 heterocycles. The molecule has 2 saturated heterocycles. The van der Waals surface area contributed by atoms with Gasteiger partial charge in [-0.15, -0.1) is 0 Å². The van der Waals surface area contributed by atoms with Crippen LogP contribution in [0.3, 0.4) is 0 Å². The van der Waals surface area contributed by atoms with E-state index in [-0.39, 0.29) is 50.8 Å². The fourth-order valence-corrected chi connectivity index (χ4v) is 7.94. The summed E-state index contributed by atoms with van der Waals surface area (Å²) in [6.45, 7) is 34.0. The number of esters is 2. The predicted octanol–water partition coefficient (Wildman–Crippen LogP) is 10.7. The second kappa shape index (κ2) is 28.7. The Morgan fingerprint density at radius 1 is 0.553 bits per heavy atom. The first-order chi connectivity index (χ1) is 35.1. The van der Waals surface area contributed by atoms with E-state index in [1.165, 1.54) is 0 Å². The zero-order valence-electron chi connectivity index (χ0n) is 48.3. The molecule has 8 atom stereocenters. The smallest absolute Gasteiger partial charge is 0.420 e. The Morgan fingerprint density at radius 3 is 1.16 bits per heavy atom. The minimum atomic E-state index is -1.42. The highest BCUT2D eigenvalue weighted by Gasteiger charge is 2.46. The summed E-state index contributed by atoms with van der Waals surface area (Å²) in [7, 11) is 0. The zero-order chi connectivity index (χ0) is 57.3. The quantitative estimate of drug-likeness (QED) is 0.110. The van der Waals surface area contributed by atoms with Crippen molar-refractivity contribution in [3.63, 3.8) is 0 Å². The fraction of sp³-hybridized carbons (Fsp3) is 0.655. The van der Waals surface area contributed by atoms with Gasteiger partial charge in [-0.25, -0.2) is 28.8 Å². The van der Waals surface area contributed by atoms with Gasteiger partial charge in [-0.05, 0) is 134 Å². The molecule has 2 aliphatic heterocycles. The Morgan fingerprint density at radius 2 is 0.868 bits per heavy atom. The van der Waals surface area contributed by atoms with Crippen LogP contribution in [0.5, 0.6) is 0 Å². The van der Waals surface area contributed by atoms with E-state index >= 15 is 0 Å². The second-order valence-electron chi connectivity index (χ2n) is 23.9. The zero-order valence-corrected chi connectivity index (χ0v) is 48.3. The van der Waals surface area contributed by atoms with Crippen molar-refractivity contribution < 1.29 is 76.1 Å². The van der Waals surface area contributed by atoms with Crippen LogP contribution in [0.15, 0.2) is 72.8 Å². The Bertz CT molecular complexity index is 2130. The lowest BCUT2D eigenvalue weighted by Gasteiger charge is -2.33. The molecule has 4 amide bonds. The number of cyclic esters (lactones) is 2. The maximum atomic E-state index is 13.4. The number of imide groups is 2. The van der Waals surface area contributed by atoms with Crippen LogP contribution in [0, 0.1) is 17.8 Å². The Kier molecular flexibility index (Phi) is 24.5. The molecule has 2 aromatic carbocycles. The molecule has 0 bridgehead atoms. The van der Waals surface area contributed by atoms with Crippen LogP contribution < -0.4 is 0 Å². The summed E-state index contributed by atoms with van der Waals surface area (Å²) in [6, 6.07) is 17.0. The number of hydrogen-bond donors (Lipinski definition) is 0. The SMILES string of the molecule is C=C(C)CO[C@@H]1[C@@H](Cc2ccccc2)COC[C@H](N(C(=O)OC(C)(C)C)C(=O)OC(C)(C)C)C(=O)O[C@H]1C.CC(C)CO[C@@H]1[C@@H](Cc2ccccc2)COC[C@H](N(C(=O)OC(C)(C)C)C(=O)OC(C)(C)C)C(=O)O[C@H]1C. The summed E-state index contributed by atoms with van der Waals surface area (Å²) >= 11 is 0. The summed E-state index contributed by atoms with van der Waals surface area (Å²) < 4.78 is 57.8. The van der Waals surface area contributed by atoms with Crippen molar-refractivity contribution in [1.82, 2.24) is 9.80 Å². The molecule has 0 N–H and O–H groups in total. The van der Waals surface area contributed by atoms with Crippen LogP contribution in [-0.4, -0.2) is 145 Å². The number of carbonyl (C=O) groups is 6. The van der Waals surface area contributed by atoms with E-state index in [4.69, 9.17) is 47.4 Å². The van der Waals surface area contributed by atoms with Gasteiger partial charge in [-0.3, -0.25) is 0 Å². The van der Waals surface area contributed by atoms with E-state index in [0.717, 1.165) is 16.7 Å². The van der Waals surface area contributed by atoms with Crippen molar-refractivity contribution in [3.05, 3.63) is 83.9 Å². The maximum Gasteiger partial charge on any atom is 0.420 e. The first kappa shape index (κ1) is 64.7. The Balaban J connectivity index is 0.000000400. The van der Waals surface area contributed by atoms with Gasteiger partial charge in [0.15, 0.2) is 12.1 Å². The van der Waals surface area contributed by atoms with Crippen LogP contribution in [0.25, 0.3) is 0 Å². The van der Waals surface area contributed by atoms with Gasteiger partial charge in [0.05, 0.1) is 45.2 Å². The lowest BCUT2D eigenvalue weighted by Crippen LogP contribution is -2.54. The monoisotopic (exact) mass is 1070 g/mol. The summed E-state index contributed by atoms with van der Waals surface area (Å²) in [5.41, 5.74) is -0.677. The van der Waals surface area contributed by atoms with Crippen molar-refractivity contribution in [2.75, 3.05) is 39.6 Å². The molecule has 0 aliphatic carbocycles. The molecule has 426 valence electrons. The van der Waals surface area contributed by atoms with E-state index in [1.807, 2.05) is 81.4 Å². The summed E-state index contributed by atoms with van der Waals surface area (Å²) in [5, 5.41) is 0. The lowest BCUT2D eigenvalue weighted by atomic mass is 9.91. The lowest BCUT2D eigenvalue weighted by molar-refractivity contribution is -0.164. The van der Waals surface area contributed by atoms with E-state index in [9.17, 15) is 28.8 Å². The standard InChI is InChI=1S/C29H45NO8.C29H43NO8/c2*1-19(2)16-35-24-20(3)36-25(31)23(18-34-17-22(24)15-21-13-11-10-12-14-21)30(26(32)37-28(4,5)6)27(33)38-29(7,8)9/h10-14,19-20,22-24H,15-18H2,1-9H3;10-14,20,22-24H,1,15-18H2,2-9H3/t2*20-,22-,23-,24-/m00/s1. The second-order valence-corrected chi connectivity index (χ2v) is 23.9. The molecule has 0 aromatic heterocycles. The number of benzene rings is 2. The third kappa shape index (κ3) is 23.0. The third-order valence-electron chi connectivity index (χ3n) is 11.0. The van der Waals surface area contributed by atoms with Gasteiger partial charge in [-0.1, -0.05) is 86.7 Å². The summed E-state index contributed by atoms with van der Waals surface area (Å²) in [5.74, 6) is -1.68. The van der Waals surface area contributed by atoms with Crippen molar-refractivity contribution >= 4 is 36.3 Å². The van der Waals surface area contributed by atoms with E-state index in [2.05, 4.69) is 6.58 Å². The van der Waals surface area contributed by atoms with Crippen molar-refractivity contribution in [2.24, 2.45) is 17.8 Å². The first-order valence-corrected chi connectivity index (χ1v) is 26.2. The fourth-order valence-electron chi connectivity index (χ4n) is 7.94. The minimum Gasteiger partial charge on any atom is -0.458 e. The number of ether oxygens (including phenoxy) is 10. The van der Waals surface area contributed by atoms with E-state index in [0.29, 0.717) is 29.2 Å². The van der Waals surface area contributed by atoms with Gasteiger partial charge in [0, 0.05) is 18.4 Å². The molecule has 0 saturated carbocycles. The highest BCUT2D eigenvalue weighted by molar-refractivity contribution is 5.95. The third-order valence-corrected chi connectivity index (χ3v) is 11.0. The number of carbonyl (C=O) groups excluding carboxylic acids is 6. The van der Waals surface area contributed by atoms with Crippen LogP contribution in [0.4, 0.5) is 19.2 Å². The molecule has 18 nitrogen and oxygen atoms in total. The number of nitrogens with zero attached hydrogens (tertiary/aromatic N) is 2. The average molecular weight is 1070 g/mol. The molecule has 18 heteroatoms. The predicted molar refractivity (Wildman–Crippen MR) is 285 cm³/mol.